The van der Waals surface area contributed by atoms with Crippen LogP contribution in [0.15, 0.2) is 0 Å². The smallest absolute Gasteiger partial charge is 0.325 e. The molecule has 1 aliphatic heterocycles. The SMILES string of the molecule is CC1(C)C[CH-]CC(C)(C)N1O.[Y+3]. The van der Waals surface area contributed by atoms with Crippen molar-refractivity contribution in [3.8, 4) is 0 Å². The van der Waals surface area contributed by atoms with Crippen LogP contribution in [0.25, 0.3) is 0 Å². The summed E-state index contributed by atoms with van der Waals surface area (Å²) in [5, 5.41) is 11.3. The molecule has 0 radical (unpaired) electrons. The molecule has 0 amide bonds. The summed E-state index contributed by atoms with van der Waals surface area (Å²) in [6.07, 6.45) is 4.19. The molecule has 0 atom stereocenters. The van der Waals surface area contributed by atoms with Crippen LogP contribution in [0.5, 0.6) is 0 Å². The molecule has 12 heavy (non-hydrogen) atoms. The molecule has 3 heteroatoms. The molecule has 1 N–H and O–H groups in total. The molecule has 0 aromatic heterocycles. The van der Waals surface area contributed by atoms with Gasteiger partial charge >= 0.3 is 32.7 Å². The zero-order valence-electron chi connectivity index (χ0n) is 8.46. The van der Waals surface area contributed by atoms with Gasteiger partial charge in [0.1, 0.15) is 0 Å². The van der Waals surface area contributed by atoms with E-state index in [9.17, 15) is 5.21 Å². The van der Waals surface area contributed by atoms with Gasteiger partial charge < -0.3 is 11.6 Å². The second-order valence-corrected chi connectivity index (χ2v) is 4.63. The summed E-state index contributed by atoms with van der Waals surface area (Å²) in [6.45, 7) is 8.24. The molecule has 0 aliphatic carbocycles. The third kappa shape index (κ3) is 2.51. The van der Waals surface area contributed by atoms with E-state index in [1.165, 1.54) is 5.06 Å². The Bertz CT molecular complexity index is 141. The minimum absolute atomic E-state index is 0. The Hall–Kier alpha value is 1.02. The van der Waals surface area contributed by atoms with Crippen molar-refractivity contribution >= 4 is 0 Å². The maximum atomic E-state index is 9.78. The predicted molar refractivity (Wildman–Crippen MR) is 45.3 cm³/mol. The fraction of sp³-hybridized carbons (Fsp3) is 0.889. The Morgan fingerprint density at radius 1 is 1.08 bits per heavy atom. The van der Waals surface area contributed by atoms with Crippen molar-refractivity contribution in [1.29, 1.82) is 0 Å². The molecule has 1 fully saturated rings. The van der Waals surface area contributed by atoms with Gasteiger partial charge in [0.05, 0.1) is 0 Å². The molecule has 1 heterocycles. The molecule has 0 aromatic rings. The molecular weight excluding hydrogens is 227 g/mol. The van der Waals surface area contributed by atoms with Gasteiger partial charge in [0.25, 0.3) is 0 Å². The van der Waals surface area contributed by atoms with Crippen molar-refractivity contribution in [1.82, 2.24) is 5.06 Å². The number of nitrogens with zero attached hydrogens (tertiary/aromatic N) is 1. The third-order valence-electron chi connectivity index (χ3n) is 2.43. The van der Waals surface area contributed by atoms with Crippen molar-refractivity contribution < 1.29 is 37.9 Å². The first kappa shape index (κ1) is 13.0. The molecule has 2 nitrogen and oxygen atoms in total. The second-order valence-electron chi connectivity index (χ2n) is 4.63. The van der Waals surface area contributed by atoms with E-state index in [0.29, 0.717) is 0 Å². The fourth-order valence-corrected chi connectivity index (χ4v) is 1.77. The van der Waals surface area contributed by atoms with Crippen LogP contribution in [0.1, 0.15) is 40.5 Å². The molecule has 0 saturated carbocycles. The Balaban J connectivity index is 0.00000121. The van der Waals surface area contributed by atoms with Gasteiger partial charge in [-0.2, -0.15) is 17.9 Å². The first-order chi connectivity index (χ1) is 4.86. The molecule has 0 spiro atoms. The number of piperidine rings is 1. The van der Waals surface area contributed by atoms with Crippen LogP contribution in [0.4, 0.5) is 0 Å². The molecule has 66 valence electrons. The Morgan fingerprint density at radius 2 is 1.42 bits per heavy atom. The van der Waals surface area contributed by atoms with Gasteiger partial charge in [0, 0.05) is 11.1 Å². The van der Waals surface area contributed by atoms with Crippen molar-refractivity contribution in [3.63, 3.8) is 0 Å². The van der Waals surface area contributed by atoms with Gasteiger partial charge in [-0.05, 0) is 27.7 Å². The first-order valence-electron chi connectivity index (χ1n) is 4.17. The van der Waals surface area contributed by atoms with Crippen LogP contribution in [0.2, 0.25) is 0 Å². The maximum Gasteiger partial charge on any atom is 3.00 e. The minimum atomic E-state index is -0.0955. The van der Waals surface area contributed by atoms with E-state index in [0.717, 1.165) is 12.8 Å². The van der Waals surface area contributed by atoms with Crippen LogP contribution in [-0.4, -0.2) is 21.3 Å². The van der Waals surface area contributed by atoms with E-state index in [-0.39, 0.29) is 43.8 Å². The number of hydrogen-bond acceptors (Lipinski definition) is 2. The topological polar surface area (TPSA) is 23.5 Å². The number of rotatable bonds is 0. The largest absolute Gasteiger partial charge is 3.00 e. The average molecular weight is 245 g/mol. The summed E-state index contributed by atoms with van der Waals surface area (Å²) in [6, 6.07) is 0. The van der Waals surface area contributed by atoms with Crippen LogP contribution in [-0.2, 0) is 32.7 Å². The van der Waals surface area contributed by atoms with E-state index in [4.69, 9.17) is 0 Å². The van der Waals surface area contributed by atoms with Crippen LogP contribution in [0, 0.1) is 6.42 Å². The van der Waals surface area contributed by atoms with E-state index in [1.807, 2.05) is 0 Å². The summed E-state index contributed by atoms with van der Waals surface area (Å²) in [4.78, 5) is 0. The Kier molecular flexibility index (Phi) is 4.38. The van der Waals surface area contributed by atoms with Crippen LogP contribution in [0.3, 0.4) is 0 Å². The summed E-state index contributed by atoms with van der Waals surface area (Å²) >= 11 is 0. The molecule has 1 rings (SSSR count). The van der Waals surface area contributed by atoms with Crippen molar-refractivity contribution in [3.05, 3.63) is 6.42 Å². The summed E-state index contributed by atoms with van der Waals surface area (Å²) < 4.78 is 0. The van der Waals surface area contributed by atoms with Crippen molar-refractivity contribution in [2.75, 3.05) is 0 Å². The maximum absolute atomic E-state index is 9.78. The third-order valence-corrected chi connectivity index (χ3v) is 2.43. The molecule has 0 bridgehead atoms. The van der Waals surface area contributed by atoms with Gasteiger partial charge in [0.15, 0.2) is 0 Å². The second kappa shape index (κ2) is 4.04. The van der Waals surface area contributed by atoms with Gasteiger partial charge in [-0.1, -0.05) is 0 Å². The number of hydrogen-bond donors (Lipinski definition) is 1. The summed E-state index contributed by atoms with van der Waals surface area (Å²) in [5.74, 6) is 0. The number of hydroxylamine groups is 2. The standard InChI is InChI=1S/C9H18NO.Y/c1-8(2)6-5-7-9(3,4)10(8)11;/h5,11H,6-7H2,1-4H3;/q-1;+3. The first-order valence-corrected chi connectivity index (χ1v) is 4.17. The minimum Gasteiger partial charge on any atom is -0.325 e. The summed E-state index contributed by atoms with van der Waals surface area (Å²) in [7, 11) is 0. The molecule has 0 unspecified atom stereocenters. The normalized spacial score (nSPS) is 27.8. The van der Waals surface area contributed by atoms with Gasteiger partial charge in [-0.3, -0.25) is 0 Å². The molecule has 0 aromatic carbocycles. The van der Waals surface area contributed by atoms with E-state index >= 15 is 0 Å². The van der Waals surface area contributed by atoms with Gasteiger partial charge in [0.2, 0.25) is 0 Å². The van der Waals surface area contributed by atoms with E-state index in [2.05, 4.69) is 34.1 Å². The Morgan fingerprint density at radius 3 is 1.67 bits per heavy atom. The van der Waals surface area contributed by atoms with E-state index < -0.39 is 0 Å². The quantitative estimate of drug-likeness (QED) is 0.661. The zero-order chi connectivity index (χ0) is 8.70. The molecule has 1 saturated heterocycles. The molecular formula is C9H18NOY+2. The summed E-state index contributed by atoms with van der Waals surface area (Å²) in [5.41, 5.74) is -0.191. The van der Waals surface area contributed by atoms with Crippen molar-refractivity contribution in [2.45, 2.75) is 51.6 Å². The van der Waals surface area contributed by atoms with Crippen LogP contribution < -0.4 is 0 Å². The van der Waals surface area contributed by atoms with E-state index in [1.54, 1.807) is 0 Å². The average Bonchev–Trinajstić information content (AvgIpc) is 1.82. The fourth-order valence-electron chi connectivity index (χ4n) is 1.77. The van der Waals surface area contributed by atoms with Crippen molar-refractivity contribution in [2.24, 2.45) is 0 Å². The zero-order valence-corrected chi connectivity index (χ0v) is 11.3. The van der Waals surface area contributed by atoms with Gasteiger partial charge in [-0.25, -0.2) is 0 Å². The monoisotopic (exact) mass is 245 g/mol. The van der Waals surface area contributed by atoms with Gasteiger partial charge in [-0.15, -0.1) is 0 Å². The van der Waals surface area contributed by atoms with Crippen LogP contribution >= 0.6 is 0 Å². The molecule has 1 aliphatic rings. The predicted octanol–water partition coefficient (Wildman–Crippen LogP) is 2.23. The Labute approximate surface area is 101 Å².